The van der Waals surface area contributed by atoms with Gasteiger partial charge >= 0.3 is 0 Å². The maximum absolute atomic E-state index is 11.9. The quantitative estimate of drug-likeness (QED) is 0.440. The van der Waals surface area contributed by atoms with E-state index in [0.717, 1.165) is 23.5 Å². The van der Waals surface area contributed by atoms with Gasteiger partial charge in [-0.3, -0.25) is 0 Å². The topological polar surface area (TPSA) is 70.7 Å². The number of hydrogen-bond acceptors (Lipinski definition) is 4. The van der Waals surface area contributed by atoms with Gasteiger partial charge in [0.1, 0.15) is 5.71 Å². The number of hydrogen-bond donors (Lipinski definition) is 1. The number of nitrogens with two attached hydrogens (primary N) is 1. The van der Waals surface area contributed by atoms with E-state index in [0.29, 0.717) is 0 Å². The molecule has 0 aromatic rings. The molecule has 1 heterocycles. The molecule has 4 fully saturated rings. The molecule has 0 saturated heterocycles. The second-order valence-electron chi connectivity index (χ2n) is 7.08. The molecule has 2 atom stereocenters. The maximum atomic E-state index is 11.9. The Morgan fingerprint density at radius 3 is 2.11 bits per heavy atom. The van der Waals surface area contributed by atoms with Gasteiger partial charge in [0.05, 0.1) is 0 Å². The van der Waals surface area contributed by atoms with Crippen LogP contribution >= 0.6 is 0 Å². The number of quaternary nitrogens is 1. The van der Waals surface area contributed by atoms with Gasteiger partial charge in [-0.1, -0.05) is 4.92 Å². The zero-order valence-corrected chi connectivity index (χ0v) is 10.8. The molecule has 5 rings (SSSR count). The van der Waals surface area contributed by atoms with E-state index in [4.69, 9.17) is 10.8 Å². The summed E-state index contributed by atoms with van der Waals surface area (Å²) < 4.78 is 0. The van der Waals surface area contributed by atoms with E-state index in [9.17, 15) is 5.21 Å². The fourth-order valence-electron chi connectivity index (χ4n) is 5.39. The average molecular weight is 251 g/mol. The van der Waals surface area contributed by atoms with Gasteiger partial charge in [-0.2, -0.15) is 4.94 Å². The third-order valence-electron chi connectivity index (χ3n) is 5.78. The molecule has 18 heavy (non-hydrogen) atoms. The molecule has 2 unspecified atom stereocenters. The van der Waals surface area contributed by atoms with E-state index in [2.05, 4.69) is 5.16 Å². The molecule has 4 bridgehead atoms. The van der Waals surface area contributed by atoms with Crippen LogP contribution in [0.1, 0.15) is 45.4 Å². The molecule has 5 nitrogen and oxygen atoms in total. The van der Waals surface area contributed by atoms with E-state index < -0.39 is 4.92 Å². The van der Waals surface area contributed by atoms with Crippen LogP contribution in [0.15, 0.2) is 5.16 Å². The largest absolute Gasteiger partial charge is 0.566 e. The normalized spacial score (nSPS) is 57.6. The summed E-state index contributed by atoms with van der Waals surface area (Å²) in [5, 5.41) is 16.0. The summed E-state index contributed by atoms with van der Waals surface area (Å²) >= 11 is 0. The van der Waals surface area contributed by atoms with Gasteiger partial charge in [0, 0.05) is 5.41 Å². The Morgan fingerprint density at radius 1 is 1.22 bits per heavy atom. The molecule has 5 heteroatoms. The molecule has 0 aromatic carbocycles. The summed E-state index contributed by atoms with van der Waals surface area (Å²) in [7, 11) is 0. The first kappa shape index (κ1) is 11.2. The lowest BCUT2D eigenvalue weighted by Crippen LogP contribution is -2.58. The molecule has 2 N–H and O–H groups in total. The minimum atomic E-state index is -1.17. The van der Waals surface area contributed by atoms with Crippen LogP contribution in [-0.2, 0) is 4.94 Å². The van der Waals surface area contributed by atoms with Gasteiger partial charge in [0.15, 0.2) is 6.04 Å². The molecule has 5 aliphatic rings. The molecule has 4 saturated carbocycles. The lowest BCUT2D eigenvalue weighted by Gasteiger charge is -2.56. The van der Waals surface area contributed by atoms with Crippen LogP contribution in [0.2, 0.25) is 0 Å². The summed E-state index contributed by atoms with van der Waals surface area (Å²) in [5.74, 6) is 8.11. The zero-order chi connectivity index (χ0) is 12.5. The second kappa shape index (κ2) is 3.26. The first-order valence-corrected chi connectivity index (χ1v) is 7.14. The summed E-state index contributed by atoms with van der Waals surface area (Å²) in [6.45, 7) is 1.86. The molecule has 0 aromatic heterocycles. The van der Waals surface area contributed by atoms with Crippen molar-refractivity contribution in [3.05, 3.63) is 5.21 Å². The Morgan fingerprint density at radius 2 is 1.72 bits per heavy atom. The van der Waals surface area contributed by atoms with Crippen LogP contribution in [0.3, 0.4) is 0 Å². The van der Waals surface area contributed by atoms with Crippen molar-refractivity contribution >= 4 is 5.71 Å². The van der Waals surface area contributed by atoms with Gasteiger partial charge in [0.2, 0.25) is 0 Å². The van der Waals surface area contributed by atoms with Crippen molar-refractivity contribution in [3.63, 3.8) is 0 Å². The number of nitrogens with zero attached hydrogens (tertiary/aromatic N) is 2. The fraction of sp³-hybridized carbons (Fsp3) is 0.923. The van der Waals surface area contributed by atoms with E-state index in [1.165, 1.54) is 38.5 Å². The highest BCUT2D eigenvalue weighted by Gasteiger charge is 2.58. The standard InChI is InChI=1S/C13H21N3O2/c1-8-12(15-18-16(8,14)17)13-5-9-2-10(6-13)4-11(3-9)7-13/h8-11H,2-7,14H2,1H3. The van der Waals surface area contributed by atoms with Crippen LogP contribution in [0.25, 0.3) is 0 Å². The zero-order valence-electron chi connectivity index (χ0n) is 10.8. The number of oxime groups is 1. The minimum absolute atomic E-state index is 0.137. The molecule has 0 radical (unpaired) electrons. The van der Waals surface area contributed by atoms with Crippen molar-refractivity contribution in [3.8, 4) is 0 Å². The van der Waals surface area contributed by atoms with E-state index in [-0.39, 0.29) is 11.5 Å². The average Bonchev–Trinajstić information content (AvgIpc) is 2.52. The van der Waals surface area contributed by atoms with E-state index in [1.54, 1.807) is 0 Å². The third-order valence-corrected chi connectivity index (χ3v) is 5.78. The Balaban J connectivity index is 1.69. The van der Waals surface area contributed by atoms with Gasteiger partial charge in [0.25, 0.3) is 0 Å². The molecular weight excluding hydrogens is 230 g/mol. The van der Waals surface area contributed by atoms with Crippen LogP contribution in [-0.4, -0.2) is 16.7 Å². The smallest absolute Gasteiger partial charge is 0.189 e. The summed E-state index contributed by atoms with van der Waals surface area (Å²) in [6.07, 6.45) is 7.77. The van der Waals surface area contributed by atoms with Gasteiger partial charge in [-0.15, -0.1) is 5.84 Å². The van der Waals surface area contributed by atoms with E-state index in [1.807, 2.05) is 6.92 Å². The van der Waals surface area contributed by atoms with E-state index >= 15 is 0 Å². The lowest BCUT2D eigenvalue weighted by atomic mass is 9.48. The number of rotatable bonds is 1. The van der Waals surface area contributed by atoms with Crippen molar-refractivity contribution < 1.29 is 9.86 Å². The Bertz CT molecular complexity index is 383. The maximum Gasteiger partial charge on any atom is 0.189 e. The predicted octanol–water partition coefficient (Wildman–Crippen LogP) is 2.08. The van der Waals surface area contributed by atoms with Crippen LogP contribution in [0, 0.1) is 28.4 Å². The van der Waals surface area contributed by atoms with Crippen molar-refractivity contribution in [2.75, 3.05) is 0 Å². The SMILES string of the molecule is CC1C(C23CC4CC(CC(C4)C2)C3)=NO[N+]1(N)[O-]. The summed E-state index contributed by atoms with van der Waals surface area (Å²) in [6, 6.07) is -0.346. The van der Waals surface area contributed by atoms with Crippen LogP contribution < -0.4 is 5.84 Å². The first-order valence-electron chi connectivity index (χ1n) is 7.14. The minimum Gasteiger partial charge on any atom is -0.566 e. The van der Waals surface area contributed by atoms with Gasteiger partial charge < -0.3 is 5.21 Å². The Labute approximate surface area is 107 Å². The Hall–Kier alpha value is -0.650. The predicted molar refractivity (Wildman–Crippen MR) is 66.4 cm³/mol. The molecule has 1 aliphatic heterocycles. The third kappa shape index (κ3) is 1.35. The fourth-order valence-corrected chi connectivity index (χ4v) is 5.39. The lowest BCUT2D eigenvalue weighted by molar-refractivity contribution is -1.08. The molecule has 0 spiro atoms. The van der Waals surface area contributed by atoms with Crippen molar-refractivity contribution in [1.29, 1.82) is 0 Å². The van der Waals surface area contributed by atoms with Crippen molar-refractivity contribution in [2.24, 2.45) is 34.2 Å². The first-order chi connectivity index (χ1) is 8.48. The summed E-state index contributed by atoms with van der Waals surface area (Å²) in [5.41, 5.74) is 1.09. The Kier molecular flexibility index (Phi) is 2.03. The monoisotopic (exact) mass is 251 g/mol. The molecule has 4 aliphatic carbocycles. The highest BCUT2D eigenvalue weighted by molar-refractivity contribution is 5.94. The van der Waals surface area contributed by atoms with Crippen LogP contribution in [0.5, 0.6) is 0 Å². The molecular formula is C13H21N3O2. The number of hydroxylamine groups is 2. The van der Waals surface area contributed by atoms with Crippen molar-refractivity contribution in [1.82, 2.24) is 0 Å². The molecule has 100 valence electrons. The van der Waals surface area contributed by atoms with Crippen molar-refractivity contribution in [2.45, 2.75) is 51.5 Å². The molecule has 0 amide bonds. The second-order valence-corrected chi connectivity index (χ2v) is 7.08. The highest BCUT2D eigenvalue weighted by Crippen LogP contribution is 2.61. The highest BCUT2D eigenvalue weighted by atomic mass is 17.0. The van der Waals surface area contributed by atoms with Crippen LogP contribution in [0.4, 0.5) is 0 Å². The van der Waals surface area contributed by atoms with Gasteiger partial charge in [-0.25, -0.2) is 0 Å². The summed E-state index contributed by atoms with van der Waals surface area (Å²) in [4.78, 5) is 3.73. The van der Waals surface area contributed by atoms with Gasteiger partial charge in [-0.05, 0) is 68.4 Å².